The van der Waals surface area contributed by atoms with Gasteiger partial charge < -0.3 is 20.3 Å². The summed E-state index contributed by atoms with van der Waals surface area (Å²) in [6, 6.07) is 3.17. The largest absolute Gasteiger partial charge is 0.496 e. The number of nitrogens with zero attached hydrogens (tertiary/aromatic N) is 2. The Hall–Kier alpha value is -1.95. The van der Waals surface area contributed by atoms with Gasteiger partial charge in [-0.1, -0.05) is 11.6 Å². The maximum Gasteiger partial charge on any atom is 0.257 e. The number of ether oxygens (including phenoxy) is 1. The van der Waals surface area contributed by atoms with Crippen molar-refractivity contribution in [2.45, 2.75) is 32.1 Å². The van der Waals surface area contributed by atoms with Crippen molar-refractivity contribution in [3.05, 3.63) is 22.7 Å². The predicted molar refractivity (Wildman–Crippen MR) is 101 cm³/mol. The van der Waals surface area contributed by atoms with E-state index < -0.39 is 0 Å². The fraction of sp³-hybridized carbons (Fsp3) is 0.579. The number of rotatable bonds is 4. The van der Waals surface area contributed by atoms with E-state index in [0.717, 1.165) is 38.8 Å². The van der Waals surface area contributed by atoms with E-state index in [4.69, 9.17) is 22.1 Å². The van der Waals surface area contributed by atoms with E-state index in [1.165, 1.54) is 7.11 Å². The van der Waals surface area contributed by atoms with E-state index in [0.29, 0.717) is 47.5 Å². The van der Waals surface area contributed by atoms with Crippen LogP contribution >= 0.6 is 11.6 Å². The molecule has 142 valence electrons. The molecule has 0 saturated carbocycles. The van der Waals surface area contributed by atoms with Crippen LogP contribution in [0.4, 0.5) is 5.69 Å². The number of halogens is 1. The Balaban J connectivity index is 1.60. The van der Waals surface area contributed by atoms with Crippen molar-refractivity contribution in [3.63, 3.8) is 0 Å². The predicted octanol–water partition coefficient (Wildman–Crippen LogP) is 2.80. The number of methoxy groups -OCH3 is 1. The Morgan fingerprint density at radius 3 is 2.65 bits per heavy atom. The van der Waals surface area contributed by atoms with Crippen LogP contribution in [0, 0.1) is 5.92 Å². The number of likely N-dealkylation sites (tertiary alicyclic amines) is 2. The van der Waals surface area contributed by atoms with Gasteiger partial charge in [-0.2, -0.15) is 0 Å². The summed E-state index contributed by atoms with van der Waals surface area (Å²) in [5.74, 6) is 1.09. The Morgan fingerprint density at radius 1 is 1.27 bits per heavy atom. The summed E-state index contributed by atoms with van der Waals surface area (Å²) in [5.41, 5.74) is 6.63. The van der Waals surface area contributed by atoms with Gasteiger partial charge in [-0.25, -0.2) is 0 Å². The van der Waals surface area contributed by atoms with Crippen LogP contribution in [-0.2, 0) is 4.79 Å². The van der Waals surface area contributed by atoms with Crippen LogP contribution in [0.3, 0.4) is 0 Å². The first-order chi connectivity index (χ1) is 12.5. The molecule has 2 heterocycles. The second-order valence-corrected chi connectivity index (χ2v) is 7.51. The van der Waals surface area contributed by atoms with Gasteiger partial charge in [-0.3, -0.25) is 9.59 Å². The average Bonchev–Trinajstić information content (AvgIpc) is 2.65. The zero-order chi connectivity index (χ0) is 18.7. The first kappa shape index (κ1) is 18.8. The minimum absolute atomic E-state index is 0.0868. The molecule has 0 atom stereocenters. The summed E-state index contributed by atoms with van der Waals surface area (Å²) >= 11 is 6.08. The number of nitrogen functional groups attached to an aromatic ring is 1. The molecule has 0 aromatic heterocycles. The number of hydrogen-bond acceptors (Lipinski definition) is 4. The highest BCUT2D eigenvalue weighted by atomic mass is 35.5. The fourth-order valence-corrected chi connectivity index (χ4v) is 3.92. The number of benzene rings is 1. The minimum Gasteiger partial charge on any atom is -0.496 e. The van der Waals surface area contributed by atoms with Gasteiger partial charge in [0.25, 0.3) is 5.91 Å². The van der Waals surface area contributed by atoms with Crippen molar-refractivity contribution in [3.8, 4) is 5.75 Å². The molecule has 0 bridgehead atoms. The third kappa shape index (κ3) is 4.06. The molecule has 2 aliphatic heterocycles. The maximum atomic E-state index is 12.9. The van der Waals surface area contributed by atoms with Crippen molar-refractivity contribution >= 4 is 29.1 Å². The zero-order valence-electron chi connectivity index (χ0n) is 15.2. The van der Waals surface area contributed by atoms with Crippen LogP contribution in [-0.4, -0.2) is 54.9 Å². The van der Waals surface area contributed by atoms with E-state index in [1.54, 1.807) is 12.1 Å². The van der Waals surface area contributed by atoms with Gasteiger partial charge in [-0.05, 0) is 37.7 Å². The summed E-state index contributed by atoms with van der Waals surface area (Å²) in [5, 5.41) is 0.354. The Morgan fingerprint density at radius 2 is 2.00 bits per heavy atom. The van der Waals surface area contributed by atoms with E-state index in [-0.39, 0.29) is 11.8 Å². The number of piperidine rings is 2. The van der Waals surface area contributed by atoms with Gasteiger partial charge in [0, 0.05) is 38.7 Å². The quantitative estimate of drug-likeness (QED) is 0.816. The first-order valence-electron chi connectivity index (χ1n) is 9.19. The first-order valence-corrected chi connectivity index (χ1v) is 9.57. The molecular formula is C19H26ClN3O3. The van der Waals surface area contributed by atoms with Crippen LogP contribution in [0.1, 0.15) is 42.5 Å². The van der Waals surface area contributed by atoms with Crippen molar-refractivity contribution in [1.82, 2.24) is 9.80 Å². The van der Waals surface area contributed by atoms with E-state index in [2.05, 4.69) is 0 Å². The normalized spacial score (nSPS) is 18.9. The number of anilines is 1. The van der Waals surface area contributed by atoms with Crippen LogP contribution in [0.15, 0.2) is 12.1 Å². The fourth-order valence-electron chi connectivity index (χ4n) is 3.76. The molecule has 2 fully saturated rings. The van der Waals surface area contributed by atoms with Crippen LogP contribution in [0.25, 0.3) is 0 Å². The SMILES string of the molecule is COc1cc(N)c(Cl)cc1C(=O)N1CCC(CN2CCCCC2=O)CC1. The summed E-state index contributed by atoms with van der Waals surface area (Å²) in [6.07, 6.45) is 4.59. The molecule has 2 saturated heterocycles. The lowest BCUT2D eigenvalue weighted by molar-refractivity contribution is -0.134. The highest BCUT2D eigenvalue weighted by molar-refractivity contribution is 6.33. The van der Waals surface area contributed by atoms with Crippen molar-refractivity contribution in [1.29, 1.82) is 0 Å². The molecule has 0 unspecified atom stereocenters. The molecular weight excluding hydrogens is 354 g/mol. The topological polar surface area (TPSA) is 75.9 Å². The number of hydrogen-bond donors (Lipinski definition) is 1. The second-order valence-electron chi connectivity index (χ2n) is 7.11. The maximum absolute atomic E-state index is 12.9. The zero-order valence-corrected chi connectivity index (χ0v) is 15.9. The van der Waals surface area contributed by atoms with Gasteiger partial charge in [-0.15, -0.1) is 0 Å². The molecule has 0 radical (unpaired) electrons. The summed E-state index contributed by atoms with van der Waals surface area (Å²) in [4.78, 5) is 28.7. The molecule has 1 aromatic rings. The molecule has 0 aliphatic carbocycles. The monoisotopic (exact) mass is 379 g/mol. The van der Waals surface area contributed by atoms with Gasteiger partial charge >= 0.3 is 0 Å². The highest BCUT2D eigenvalue weighted by Crippen LogP contribution is 2.31. The molecule has 0 spiro atoms. The van der Waals surface area contributed by atoms with E-state index >= 15 is 0 Å². The molecule has 6 nitrogen and oxygen atoms in total. The Bertz CT molecular complexity index is 687. The number of carbonyl (C=O) groups excluding carboxylic acids is 2. The average molecular weight is 380 g/mol. The standard InChI is InChI=1S/C19H26ClN3O3/c1-26-17-11-16(21)15(20)10-14(17)19(25)22-8-5-13(6-9-22)12-23-7-3-2-4-18(23)24/h10-11,13H,2-9,12,21H2,1H3. The third-order valence-corrected chi connectivity index (χ3v) is 5.68. The van der Waals surface area contributed by atoms with Gasteiger partial charge in [0.2, 0.25) is 5.91 Å². The second kappa shape index (κ2) is 8.16. The number of amides is 2. The van der Waals surface area contributed by atoms with E-state index in [9.17, 15) is 9.59 Å². The van der Waals surface area contributed by atoms with Crippen LogP contribution < -0.4 is 10.5 Å². The number of carbonyl (C=O) groups is 2. The van der Waals surface area contributed by atoms with Gasteiger partial charge in [0.15, 0.2) is 0 Å². The minimum atomic E-state index is -0.0868. The molecule has 2 aliphatic rings. The third-order valence-electron chi connectivity index (χ3n) is 5.35. The lowest BCUT2D eigenvalue weighted by Gasteiger charge is -2.36. The lowest BCUT2D eigenvalue weighted by atomic mass is 9.94. The Kier molecular flexibility index (Phi) is 5.91. The highest BCUT2D eigenvalue weighted by Gasteiger charge is 2.28. The molecule has 3 rings (SSSR count). The summed E-state index contributed by atoms with van der Waals surface area (Å²) in [7, 11) is 1.52. The molecule has 2 amide bonds. The molecule has 26 heavy (non-hydrogen) atoms. The smallest absolute Gasteiger partial charge is 0.257 e. The summed E-state index contributed by atoms with van der Waals surface area (Å²) < 4.78 is 5.30. The lowest BCUT2D eigenvalue weighted by Crippen LogP contribution is -2.44. The van der Waals surface area contributed by atoms with E-state index in [1.807, 2.05) is 9.80 Å². The van der Waals surface area contributed by atoms with Crippen LogP contribution in [0.2, 0.25) is 5.02 Å². The number of nitrogens with two attached hydrogens (primary N) is 1. The van der Waals surface area contributed by atoms with Crippen molar-refractivity contribution in [2.75, 3.05) is 39.0 Å². The molecule has 7 heteroatoms. The molecule has 1 aromatic carbocycles. The van der Waals surface area contributed by atoms with Gasteiger partial charge in [0.05, 0.1) is 23.4 Å². The van der Waals surface area contributed by atoms with Crippen LogP contribution in [0.5, 0.6) is 5.75 Å². The van der Waals surface area contributed by atoms with Crippen molar-refractivity contribution in [2.24, 2.45) is 5.92 Å². The Labute approximate surface area is 159 Å². The summed E-state index contributed by atoms with van der Waals surface area (Å²) in [6.45, 7) is 3.05. The van der Waals surface area contributed by atoms with Gasteiger partial charge in [0.1, 0.15) is 5.75 Å². The molecule has 2 N–H and O–H groups in total. The van der Waals surface area contributed by atoms with Crippen molar-refractivity contribution < 1.29 is 14.3 Å².